The van der Waals surface area contributed by atoms with Crippen molar-refractivity contribution in [2.45, 2.75) is 44.1 Å². The van der Waals surface area contributed by atoms with Gasteiger partial charge in [-0.15, -0.1) is 12.4 Å². The van der Waals surface area contributed by atoms with Gasteiger partial charge in [0.25, 0.3) is 5.92 Å². The third-order valence-electron chi connectivity index (χ3n) is 4.60. The Morgan fingerprint density at radius 1 is 1.39 bits per heavy atom. The quantitative estimate of drug-likeness (QED) is 0.909. The maximum absolute atomic E-state index is 13.2. The van der Waals surface area contributed by atoms with Gasteiger partial charge in [0, 0.05) is 50.3 Å². The van der Waals surface area contributed by atoms with Gasteiger partial charge in [-0.1, -0.05) is 0 Å². The Morgan fingerprint density at radius 2 is 2.13 bits per heavy atom. The van der Waals surface area contributed by atoms with E-state index < -0.39 is 5.92 Å². The summed E-state index contributed by atoms with van der Waals surface area (Å²) in [7, 11) is 0. The minimum absolute atomic E-state index is 0. The van der Waals surface area contributed by atoms with E-state index in [1.807, 2.05) is 6.07 Å². The van der Waals surface area contributed by atoms with Crippen LogP contribution in [0.15, 0.2) is 12.3 Å². The van der Waals surface area contributed by atoms with Crippen molar-refractivity contribution < 1.29 is 13.6 Å². The molecule has 1 atom stereocenters. The number of amides is 1. The normalized spacial score (nSPS) is 24.1. The Balaban J connectivity index is 0.00000192. The second-order valence-corrected chi connectivity index (χ2v) is 6.19. The molecule has 2 fully saturated rings. The van der Waals surface area contributed by atoms with Crippen LogP contribution in [0.2, 0.25) is 0 Å². The second-order valence-electron chi connectivity index (χ2n) is 6.19. The standard InChI is InChI=1S/C15H22F2N4O.ClH/c16-15(17)4-8-20(9-5-15)14(22)11-21-13(3-7-19-21)12-2-1-6-18-10-12;/h3,7,12,18H,1-2,4-6,8-11H2;1H. The highest BCUT2D eigenvalue weighted by Gasteiger charge is 2.35. The third kappa shape index (κ3) is 4.41. The molecule has 23 heavy (non-hydrogen) atoms. The van der Waals surface area contributed by atoms with E-state index in [-0.39, 0.29) is 50.8 Å². The number of hydrogen-bond donors (Lipinski definition) is 1. The number of carbonyl (C=O) groups is 1. The summed E-state index contributed by atoms with van der Waals surface area (Å²) in [5, 5.41) is 7.60. The molecule has 0 aliphatic carbocycles. The summed E-state index contributed by atoms with van der Waals surface area (Å²) in [6.07, 6.45) is 3.43. The Bertz CT molecular complexity index is 521. The zero-order valence-corrected chi connectivity index (χ0v) is 13.8. The van der Waals surface area contributed by atoms with E-state index in [1.165, 1.54) is 4.90 Å². The van der Waals surface area contributed by atoms with E-state index in [4.69, 9.17) is 0 Å². The molecule has 2 saturated heterocycles. The molecule has 2 aliphatic rings. The van der Waals surface area contributed by atoms with Gasteiger partial charge in [0.15, 0.2) is 0 Å². The van der Waals surface area contributed by atoms with Crippen molar-refractivity contribution in [3.05, 3.63) is 18.0 Å². The molecule has 0 saturated carbocycles. The van der Waals surface area contributed by atoms with E-state index in [0.29, 0.717) is 5.92 Å². The van der Waals surface area contributed by atoms with E-state index in [0.717, 1.165) is 31.6 Å². The minimum Gasteiger partial charge on any atom is -0.341 e. The van der Waals surface area contributed by atoms with Crippen LogP contribution < -0.4 is 5.32 Å². The maximum atomic E-state index is 13.2. The van der Waals surface area contributed by atoms with Crippen molar-refractivity contribution in [1.29, 1.82) is 0 Å². The van der Waals surface area contributed by atoms with Gasteiger partial charge in [0.05, 0.1) is 0 Å². The Hall–Kier alpha value is -1.21. The lowest BCUT2D eigenvalue weighted by atomic mass is 9.96. The Kier molecular flexibility index (Phi) is 5.97. The lowest BCUT2D eigenvalue weighted by Crippen LogP contribution is -2.44. The van der Waals surface area contributed by atoms with E-state index >= 15 is 0 Å². The largest absolute Gasteiger partial charge is 0.341 e. The van der Waals surface area contributed by atoms with Crippen LogP contribution in [-0.4, -0.2) is 52.7 Å². The molecule has 3 heterocycles. The predicted octanol–water partition coefficient (Wildman–Crippen LogP) is 2.03. The summed E-state index contributed by atoms with van der Waals surface area (Å²) in [5.74, 6) is -2.37. The van der Waals surface area contributed by atoms with E-state index in [9.17, 15) is 13.6 Å². The topological polar surface area (TPSA) is 50.2 Å². The van der Waals surface area contributed by atoms with Crippen molar-refractivity contribution in [2.75, 3.05) is 26.2 Å². The number of carbonyl (C=O) groups excluding carboxylic acids is 1. The number of likely N-dealkylation sites (tertiary alicyclic amines) is 1. The van der Waals surface area contributed by atoms with Crippen molar-refractivity contribution in [1.82, 2.24) is 20.0 Å². The molecule has 0 spiro atoms. The van der Waals surface area contributed by atoms with Gasteiger partial charge >= 0.3 is 0 Å². The number of nitrogens with one attached hydrogen (secondary N) is 1. The summed E-state index contributed by atoms with van der Waals surface area (Å²) >= 11 is 0. The van der Waals surface area contributed by atoms with Gasteiger partial charge in [0.1, 0.15) is 6.54 Å². The first-order valence-electron chi connectivity index (χ1n) is 7.93. The fraction of sp³-hybridized carbons (Fsp3) is 0.733. The van der Waals surface area contributed by atoms with Crippen molar-refractivity contribution >= 4 is 18.3 Å². The monoisotopic (exact) mass is 348 g/mol. The number of piperidine rings is 2. The predicted molar refractivity (Wildman–Crippen MR) is 85.1 cm³/mol. The number of nitrogens with zero attached hydrogens (tertiary/aromatic N) is 3. The number of alkyl halides is 2. The zero-order valence-electron chi connectivity index (χ0n) is 13.0. The molecule has 1 aromatic heterocycles. The Morgan fingerprint density at radius 3 is 2.78 bits per heavy atom. The summed E-state index contributed by atoms with van der Waals surface area (Å²) in [6, 6.07) is 1.95. The summed E-state index contributed by atoms with van der Waals surface area (Å²) < 4.78 is 28.1. The Labute approximate surface area is 140 Å². The second kappa shape index (κ2) is 7.57. The van der Waals surface area contributed by atoms with Gasteiger partial charge in [0.2, 0.25) is 5.91 Å². The van der Waals surface area contributed by atoms with Crippen LogP contribution in [0.3, 0.4) is 0 Å². The minimum atomic E-state index is -2.62. The molecule has 1 unspecified atom stereocenters. The van der Waals surface area contributed by atoms with Crippen LogP contribution in [0.1, 0.15) is 37.3 Å². The first-order valence-corrected chi connectivity index (χ1v) is 7.93. The van der Waals surface area contributed by atoms with Crippen LogP contribution >= 0.6 is 12.4 Å². The van der Waals surface area contributed by atoms with E-state index in [1.54, 1.807) is 10.9 Å². The molecule has 0 bridgehead atoms. The van der Waals surface area contributed by atoms with Crippen LogP contribution in [-0.2, 0) is 11.3 Å². The average Bonchev–Trinajstić information content (AvgIpc) is 2.96. The molecule has 3 rings (SSSR count). The van der Waals surface area contributed by atoms with Gasteiger partial charge < -0.3 is 10.2 Å². The zero-order chi connectivity index (χ0) is 15.6. The lowest BCUT2D eigenvalue weighted by molar-refractivity contribution is -0.138. The highest BCUT2D eigenvalue weighted by molar-refractivity contribution is 5.85. The highest BCUT2D eigenvalue weighted by atomic mass is 35.5. The maximum Gasteiger partial charge on any atom is 0.251 e. The first-order chi connectivity index (χ1) is 10.6. The first kappa shape index (κ1) is 18.1. The molecule has 2 aliphatic heterocycles. The van der Waals surface area contributed by atoms with Crippen LogP contribution in [0.5, 0.6) is 0 Å². The fourth-order valence-corrected chi connectivity index (χ4v) is 3.24. The van der Waals surface area contributed by atoms with Crippen LogP contribution in [0, 0.1) is 0 Å². The SMILES string of the molecule is Cl.O=C(Cn1nccc1C1CCCNC1)N1CCC(F)(F)CC1. The van der Waals surface area contributed by atoms with Crippen molar-refractivity contribution in [3.63, 3.8) is 0 Å². The number of halogens is 3. The molecule has 0 aromatic carbocycles. The molecule has 0 radical (unpaired) electrons. The highest BCUT2D eigenvalue weighted by Crippen LogP contribution is 2.28. The van der Waals surface area contributed by atoms with Crippen molar-refractivity contribution in [2.24, 2.45) is 0 Å². The van der Waals surface area contributed by atoms with Crippen LogP contribution in [0.4, 0.5) is 8.78 Å². The molecule has 1 amide bonds. The van der Waals surface area contributed by atoms with Gasteiger partial charge in [-0.25, -0.2) is 8.78 Å². The molecule has 5 nitrogen and oxygen atoms in total. The smallest absolute Gasteiger partial charge is 0.251 e. The van der Waals surface area contributed by atoms with Gasteiger partial charge in [-0.3, -0.25) is 9.48 Å². The molecule has 1 aromatic rings. The summed E-state index contributed by atoms with van der Waals surface area (Å²) in [4.78, 5) is 13.8. The third-order valence-corrected chi connectivity index (χ3v) is 4.60. The van der Waals surface area contributed by atoms with Crippen LogP contribution in [0.25, 0.3) is 0 Å². The van der Waals surface area contributed by atoms with E-state index in [2.05, 4.69) is 10.4 Å². The van der Waals surface area contributed by atoms with Gasteiger partial charge in [-0.05, 0) is 25.5 Å². The average molecular weight is 349 g/mol. The lowest BCUT2D eigenvalue weighted by Gasteiger charge is -2.32. The molecule has 130 valence electrons. The van der Waals surface area contributed by atoms with Gasteiger partial charge in [-0.2, -0.15) is 5.10 Å². The molecular formula is C15H23ClF2N4O. The van der Waals surface area contributed by atoms with Crippen molar-refractivity contribution in [3.8, 4) is 0 Å². The number of rotatable bonds is 3. The molecule has 1 N–H and O–H groups in total. The molecular weight excluding hydrogens is 326 g/mol. The number of aromatic nitrogens is 2. The number of hydrogen-bond acceptors (Lipinski definition) is 3. The molecule has 8 heteroatoms. The fourth-order valence-electron chi connectivity index (χ4n) is 3.24. The summed E-state index contributed by atoms with van der Waals surface area (Å²) in [6.45, 7) is 2.34. The summed E-state index contributed by atoms with van der Waals surface area (Å²) in [5.41, 5.74) is 1.06.